The third kappa shape index (κ3) is 4.72. The number of carbonyl (C=O) groups is 1. The molecule has 18 heavy (non-hydrogen) atoms. The summed E-state index contributed by atoms with van der Waals surface area (Å²) in [6, 6.07) is 5.95. The minimum Gasteiger partial charge on any atom is -0.366 e. The van der Waals surface area contributed by atoms with Crippen LogP contribution in [0.25, 0.3) is 0 Å². The van der Waals surface area contributed by atoms with Gasteiger partial charge in [-0.05, 0) is 43.7 Å². The van der Waals surface area contributed by atoms with Crippen molar-refractivity contribution < 1.29 is 13.2 Å². The quantitative estimate of drug-likeness (QED) is 0.617. The molecule has 0 aliphatic rings. The smallest absolute Gasteiger partial charge is 0.248 e. The Hall–Kier alpha value is -1.60. The fraction of sp³-hybridized carbons (Fsp3) is 0.364. The van der Waals surface area contributed by atoms with Crippen LogP contribution in [0.3, 0.4) is 0 Å². The number of rotatable bonds is 7. The zero-order valence-electron chi connectivity index (χ0n) is 9.93. The number of amides is 1. The molecule has 100 valence electrons. The molecule has 0 saturated heterocycles. The van der Waals surface area contributed by atoms with E-state index in [9.17, 15) is 13.2 Å². The average Bonchev–Trinajstić information content (AvgIpc) is 2.29. The van der Waals surface area contributed by atoms with E-state index in [1.165, 1.54) is 24.3 Å². The van der Waals surface area contributed by atoms with Crippen LogP contribution < -0.4 is 16.2 Å². The van der Waals surface area contributed by atoms with Crippen molar-refractivity contribution >= 4 is 21.6 Å². The lowest BCUT2D eigenvalue weighted by Gasteiger charge is -2.07. The molecule has 6 nitrogen and oxygen atoms in total. The van der Waals surface area contributed by atoms with E-state index in [-0.39, 0.29) is 5.75 Å². The molecule has 0 unspecified atom stereocenters. The second kappa shape index (κ2) is 6.36. The van der Waals surface area contributed by atoms with Crippen LogP contribution in [0.5, 0.6) is 0 Å². The lowest BCUT2D eigenvalue weighted by Crippen LogP contribution is -2.17. The van der Waals surface area contributed by atoms with Crippen molar-refractivity contribution in [2.45, 2.75) is 12.8 Å². The van der Waals surface area contributed by atoms with Gasteiger partial charge < -0.3 is 11.5 Å². The van der Waals surface area contributed by atoms with Gasteiger partial charge in [0.2, 0.25) is 15.9 Å². The second-order valence-electron chi connectivity index (χ2n) is 3.86. The molecule has 1 amide bonds. The molecule has 0 aromatic heterocycles. The molecular weight excluding hydrogens is 254 g/mol. The molecule has 5 N–H and O–H groups in total. The van der Waals surface area contributed by atoms with Crippen molar-refractivity contribution in [2.75, 3.05) is 17.0 Å². The number of nitrogens with two attached hydrogens (primary N) is 2. The van der Waals surface area contributed by atoms with Gasteiger partial charge in [0.25, 0.3) is 0 Å². The monoisotopic (exact) mass is 271 g/mol. The molecule has 0 aliphatic carbocycles. The number of hydrogen-bond acceptors (Lipinski definition) is 4. The van der Waals surface area contributed by atoms with Crippen molar-refractivity contribution in [3.63, 3.8) is 0 Å². The van der Waals surface area contributed by atoms with Crippen molar-refractivity contribution in [3.8, 4) is 0 Å². The highest BCUT2D eigenvalue weighted by Crippen LogP contribution is 2.11. The maximum Gasteiger partial charge on any atom is 0.248 e. The van der Waals surface area contributed by atoms with Gasteiger partial charge >= 0.3 is 0 Å². The number of unbranched alkanes of at least 4 members (excludes halogenated alkanes) is 1. The molecule has 1 aromatic carbocycles. The predicted molar refractivity (Wildman–Crippen MR) is 70.7 cm³/mol. The van der Waals surface area contributed by atoms with Crippen LogP contribution in [0, 0.1) is 0 Å². The first kappa shape index (κ1) is 14.5. The van der Waals surface area contributed by atoms with E-state index in [1.54, 1.807) is 0 Å². The number of anilines is 1. The highest BCUT2D eigenvalue weighted by Gasteiger charge is 2.10. The van der Waals surface area contributed by atoms with Gasteiger partial charge in [0.1, 0.15) is 0 Å². The summed E-state index contributed by atoms with van der Waals surface area (Å²) in [5.41, 5.74) is 11.1. The first-order chi connectivity index (χ1) is 8.44. The Labute approximate surface area is 106 Å². The van der Waals surface area contributed by atoms with Gasteiger partial charge in [0.05, 0.1) is 5.75 Å². The number of hydrogen-bond donors (Lipinski definition) is 3. The standard InChI is InChI=1S/C11H17N3O3S/c12-7-1-2-8-18(16,17)14-10-5-3-9(4-6-10)11(13)15/h3-6,14H,1-2,7-8,12H2,(H2,13,15). The maximum absolute atomic E-state index is 11.7. The Morgan fingerprint density at radius 1 is 1.17 bits per heavy atom. The topological polar surface area (TPSA) is 115 Å². The van der Waals surface area contributed by atoms with Gasteiger partial charge in [0.15, 0.2) is 0 Å². The lowest BCUT2D eigenvalue weighted by molar-refractivity contribution is 0.100. The molecule has 1 aromatic rings. The van der Waals surface area contributed by atoms with E-state index in [4.69, 9.17) is 11.5 Å². The first-order valence-corrected chi connectivity index (χ1v) is 7.20. The molecule has 0 saturated carbocycles. The number of primary amides is 1. The van der Waals surface area contributed by atoms with Crippen LogP contribution in [0.1, 0.15) is 23.2 Å². The molecule has 0 heterocycles. The summed E-state index contributed by atoms with van der Waals surface area (Å²) in [6.45, 7) is 0.475. The Morgan fingerprint density at radius 3 is 2.28 bits per heavy atom. The van der Waals surface area contributed by atoms with Gasteiger partial charge in [-0.1, -0.05) is 0 Å². The van der Waals surface area contributed by atoms with E-state index in [0.717, 1.165) is 0 Å². The van der Waals surface area contributed by atoms with Crippen LogP contribution in [0.15, 0.2) is 24.3 Å². The fourth-order valence-electron chi connectivity index (χ4n) is 1.37. The van der Waals surface area contributed by atoms with Crippen molar-refractivity contribution in [1.82, 2.24) is 0 Å². The number of benzene rings is 1. The van der Waals surface area contributed by atoms with Crippen LogP contribution in [0.4, 0.5) is 5.69 Å². The Balaban J connectivity index is 2.63. The Kier molecular flexibility index (Phi) is 5.11. The number of nitrogens with one attached hydrogen (secondary N) is 1. The highest BCUT2D eigenvalue weighted by molar-refractivity contribution is 7.92. The largest absolute Gasteiger partial charge is 0.366 e. The maximum atomic E-state index is 11.7. The SMILES string of the molecule is NCCCCS(=O)(=O)Nc1ccc(C(N)=O)cc1. The fourth-order valence-corrected chi connectivity index (χ4v) is 2.55. The molecule has 0 fully saturated rings. The van der Waals surface area contributed by atoms with Crippen molar-refractivity contribution in [2.24, 2.45) is 11.5 Å². The van der Waals surface area contributed by atoms with E-state index in [2.05, 4.69) is 4.72 Å². The first-order valence-electron chi connectivity index (χ1n) is 5.55. The highest BCUT2D eigenvalue weighted by atomic mass is 32.2. The third-order valence-electron chi connectivity index (χ3n) is 2.31. The van der Waals surface area contributed by atoms with E-state index < -0.39 is 15.9 Å². The average molecular weight is 271 g/mol. The summed E-state index contributed by atoms with van der Waals surface area (Å²) in [6.07, 6.45) is 1.19. The van der Waals surface area contributed by atoms with Crippen LogP contribution in [0.2, 0.25) is 0 Å². The van der Waals surface area contributed by atoms with Crippen molar-refractivity contribution in [1.29, 1.82) is 0 Å². The van der Waals surface area contributed by atoms with Gasteiger partial charge in [-0.2, -0.15) is 0 Å². The summed E-state index contributed by atoms with van der Waals surface area (Å²) in [4.78, 5) is 10.8. The lowest BCUT2D eigenvalue weighted by atomic mass is 10.2. The van der Waals surface area contributed by atoms with E-state index in [1.807, 2.05) is 0 Å². The molecule has 0 atom stereocenters. The van der Waals surface area contributed by atoms with Crippen LogP contribution in [-0.4, -0.2) is 26.6 Å². The molecule has 0 spiro atoms. The summed E-state index contributed by atoms with van der Waals surface area (Å²) >= 11 is 0. The Morgan fingerprint density at radius 2 is 1.78 bits per heavy atom. The van der Waals surface area contributed by atoms with Crippen molar-refractivity contribution in [3.05, 3.63) is 29.8 Å². The molecule has 7 heteroatoms. The number of sulfonamides is 1. The Bertz CT molecular complexity index is 497. The third-order valence-corrected chi connectivity index (χ3v) is 3.68. The normalized spacial score (nSPS) is 11.2. The molecular formula is C11H17N3O3S. The molecule has 0 aliphatic heterocycles. The van der Waals surface area contributed by atoms with Gasteiger partial charge in [-0.3, -0.25) is 9.52 Å². The zero-order valence-corrected chi connectivity index (χ0v) is 10.7. The molecule has 0 bridgehead atoms. The van der Waals surface area contributed by atoms with Gasteiger partial charge in [-0.25, -0.2) is 8.42 Å². The predicted octanol–water partition coefficient (Wildman–Crippen LogP) is 0.266. The summed E-state index contributed by atoms with van der Waals surface area (Å²) in [5, 5.41) is 0. The van der Waals surface area contributed by atoms with E-state index in [0.29, 0.717) is 30.6 Å². The minimum absolute atomic E-state index is 0.0295. The summed E-state index contributed by atoms with van der Waals surface area (Å²) < 4.78 is 25.7. The molecule has 1 rings (SSSR count). The zero-order chi connectivity index (χ0) is 13.6. The van der Waals surface area contributed by atoms with Gasteiger partial charge in [-0.15, -0.1) is 0 Å². The van der Waals surface area contributed by atoms with E-state index >= 15 is 0 Å². The van der Waals surface area contributed by atoms with Crippen LogP contribution >= 0.6 is 0 Å². The minimum atomic E-state index is -3.36. The summed E-state index contributed by atoms with van der Waals surface area (Å²) in [7, 11) is -3.36. The number of carbonyl (C=O) groups excluding carboxylic acids is 1. The van der Waals surface area contributed by atoms with Gasteiger partial charge in [0, 0.05) is 11.3 Å². The van der Waals surface area contributed by atoms with Crippen LogP contribution in [-0.2, 0) is 10.0 Å². The molecule has 0 radical (unpaired) electrons. The second-order valence-corrected chi connectivity index (χ2v) is 5.70. The summed E-state index contributed by atoms with van der Waals surface area (Å²) in [5.74, 6) is -0.519.